The number of fused-ring (bicyclic) bond motifs is 3. The smallest absolute Gasteiger partial charge is 0.139 e. The fourth-order valence-electron chi connectivity index (χ4n) is 3.58. The summed E-state index contributed by atoms with van der Waals surface area (Å²) < 4.78 is 7.76. The Kier molecular flexibility index (Phi) is 4.75. The van der Waals surface area contributed by atoms with Gasteiger partial charge in [0.2, 0.25) is 0 Å². The van der Waals surface area contributed by atoms with Crippen molar-refractivity contribution in [3.05, 3.63) is 36.3 Å². The van der Waals surface area contributed by atoms with Gasteiger partial charge in [-0.15, -0.1) is 0 Å². The summed E-state index contributed by atoms with van der Waals surface area (Å²) in [5.74, 6) is 0.929. The minimum atomic E-state index is 0.235. The zero-order chi connectivity index (χ0) is 19.0. The molecule has 0 spiro atoms. The largest absolute Gasteiger partial charge is 0.397 e. The van der Waals surface area contributed by atoms with E-state index in [1.165, 1.54) is 12.3 Å². The van der Waals surface area contributed by atoms with E-state index in [4.69, 9.17) is 20.9 Å². The molecule has 1 saturated heterocycles. The van der Waals surface area contributed by atoms with Crippen LogP contribution in [0.4, 0.5) is 5.82 Å². The first-order chi connectivity index (χ1) is 13.2. The highest BCUT2D eigenvalue weighted by atomic mass is 32.2. The SMILES string of the molecule is CSn1ccc2c(N3CCOC[C@H]3C)nc3c(C(N)=CC=N)nccc3c21. The molecule has 1 aliphatic heterocycles. The van der Waals surface area contributed by atoms with E-state index < -0.39 is 0 Å². The van der Waals surface area contributed by atoms with Crippen LogP contribution in [0.3, 0.4) is 0 Å². The summed E-state index contributed by atoms with van der Waals surface area (Å²) >= 11 is 1.64. The summed E-state index contributed by atoms with van der Waals surface area (Å²) in [6.45, 7) is 4.31. The summed E-state index contributed by atoms with van der Waals surface area (Å²) in [4.78, 5) is 11.8. The van der Waals surface area contributed by atoms with Crippen LogP contribution in [0.5, 0.6) is 0 Å². The highest BCUT2D eigenvalue weighted by Gasteiger charge is 2.25. The lowest BCUT2D eigenvalue weighted by molar-refractivity contribution is 0.0987. The van der Waals surface area contributed by atoms with Gasteiger partial charge in [-0.25, -0.2) is 4.98 Å². The van der Waals surface area contributed by atoms with Crippen molar-refractivity contribution in [1.82, 2.24) is 13.9 Å². The maximum atomic E-state index is 7.33. The van der Waals surface area contributed by atoms with Crippen molar-refractivity contribution < 1.29 is 4.74 Å². The molecule has 0 aliphatic carbocycles. The molecule has 4 heterocycles. The van der Waals surface area contributed by atoms with Crippen LogP contribution in [0.1, 0.15) is 12.6 Å². The fraction of sp³-hybridized carbons (Fsp3) is 0.316. The molecule has 0 aromatic carbocycles. The number of nitrogens with two attached hydrogens (primary N) is 1. The van der Waals surface area contributed by atoms with E-state index in [2.05, 4.69) is 33.0 Å². The number of rotatable bonds is 4. The molecule has 8 heteroatoms. The van der Waals surface area contributed by atoms with Gasteiger partial charge in [0, 0.05) is 42.2 Å². The van der Waals surface area contributed by atoms with E-state index in [1.54, 1.807) is 18.1 Å². The molecule has 3 aromatic heterocycles. The molecule has 27 heavy (non-hydrogen) atoms. The average Bonchev–Trinajstić information content (AvgIpc) is 3.12. The maximum Gasteiger partial charge on any atom is 0.139 e. The van der Waals surface area contributed by atoms with E-state index >= 15 is 0 Å². The number of ether oxygens (including phenoxy) is 1. The third-order valence-electron chi connectivity index (χ3n) is 4.86. The third kappa shape index (κ3) is 2.94. The van der Waals surface area contributed by atoms with Gasteiger partial charge >= 0.3 is 0 Å². The number of anilines is 1. The lowest BCUT2D eigenvalue weighted by Gasteiger charge is -2.35. The lowest BCUT2D eigenvalue weighted by atomic mass is 10.1. The van der Waals surface area contributed by atoms with Crippen LogP contribution >= 0.6 is 11.9 Å². The molecular formula is C19H22N6OS. The Bertz CT molecular complexity index is 1040. The van der Waals surface area contributed by atoms with Gasteiger partial charge < -0.3 is 20.8 Å². The van der Waals surface area contributed by atoms with E-state index in [9.17, 15) is 0 Å². The van der Waals surface area contributed by atoms with Crippen molar-refractivity contribution in [1.29, 1.82) is 5.41 Å². The van der Waals surface area contributed by atoms with Crippen LogP contribution in [0.15, 0.2) is 30.6 Å². The highest BCUT2D eigenvalue weighted by Crippen LogP contribution is 2.36. The summed E-state index contributed by atoms with van der Waals surface area (Å²) in [7, 11) is 0. The zero-order valence-corrected chi connectivity index (χ0v) is 16.2. The Morgan fingerprint density at radius 1 is 1.41 bits per heavy atom. The molecule has 140 valence electrons. The van der Waals surface area contributed by atoms with Gasteiger partial charge in [-0.1, -0.05) is 0 Å². The number of nitrogens with zero attached hydrogens (tertiary/aromatic N) is 4. The third-order valence-corrected chi connectivity index (χ3v) is 5.56. The van der Waals surface area contributed by atoms with Crippen LogP contribution in [0.25, 0.3) is 27.5 Å². The van der Waals surface area contributed by atoms with Crippen LogP contribution in [0.2, 0.25) is 0 Å². The standard InChI is InChI=1S/C19H22N6OS/c1-12-11-26-10-9-24(12)19-14-5-8-25(27-2)18(14)13-4-7-22-17(16(13)23-19)15(21)3-6-20/h3-8,12,20H,9-11,21H2,1-2H3/t12-/m1/s1. The Labute approximate surface area is 161 Å². The van der Waals surface area contributed by atoms with E-state index in [0.717, 1.165) is 34.2 Å². The first-order valence-electron chi connectivity index (χ1n) is 8.81. The van der Waals surface area contributed by atoms with Crippen molar-refractivity contribution in [3.8, 4) is 0 Å². The van der Waals surface area contributed by atoms with Crippen molar-refractivity contribution in [2.45, 2.75) is 13.0 Å². The Hall–Kier alpha value is -2.58. The van der Waals surface area contributed by atoms with Crippen LogP contribution < -0.4 is 10.6 Å². The van der Waals surface area contributed by atoms with Crippen LogP contribution in [-0.4, -0.2) is 52.2 Å². The Morgan fingerprint density at radius 3 is 3.00 bits per heavy atom. The summed E-state index contributed by atoms with van der Waals surface area (Å²) in [6.07, 6.45) is 8.58. The molecular weight excluding hydrogens is 360 g/mol. The van der Waals surface area contributed by atoms with E-state index in [1.807, 2.05) is 12.3 Å². The quantitative estimate of drug-likeness (QED) is 0.674. The second-order valence-electron chi connectivity index (χ2n) is 6.48. The van der Waals surface area contributed by atoms with Gasteiger partial charge in [0.15, 0.2) is 0 Å². The zero-order valence-electron chi connectivity index (χ0n) is 15.3. The number of nitrogens with one attached hydrogen (secondary N) is 1. The normalized spacial score (nSPS) is 18.4. The van der Waals surface area contributed by atoms with Crippen molar-refractivity contribution in [2.75, 3.05) is 30.9 Å². The minimum absolute atomic E-state index is 0.235. The van der Waals surface area contributed by atoms with Crippen molar-refractivity contribution >= 4 is 51.5 Å². The number of hydrogen-bond donors (Lipinski definition) is 2. The van der Waals surface area contributed by atoms with Crippen molar-refractivity contribution in [2.24, 2.45) is 5.73 Å². The van der Waals surface area contributed by atoms with Gasteiger partial charge in [0.05, 0.1) is 30.5 Å². The molecule has 3 aromatic rings. The molecule has 1 fully saturated rings. The first-order valence-corrected chi connectivity index (χ1v) is 9.99. The number of allylic oxidation sites excluding steroid dienone is 1. The van der Waals surface area contributed by atoms with Crippen LogP contribution in [0, 0.1) is 5.41 Å². The number of pyridine rings is 2. The predicted octanol–water partition coefficient (Wildman–Crippen LogP) is 2.88. The number of aromatic nitrogens is 3. The van der Waals surface area contributed by atoms with Gasteiger partial charge in [-0.2, -0.15) is 0 Å². The Balaban J connectivity index is 2.07. The number of morpholine rings is 1. The molecule has 0 saturated carbocycles. The molecule has 7 nitrogen and oxygen atoms in total. The predicted molar refractivity (Wildman–Crippen MR) is 113 cm³/mol. The fourth-order valence-corrected chi connectivity index (χ4v) is 4.14. The van der Waals surface area contributed by atoms with E-state index in [0.29, 0.717) is 24.6 Å². The van der Waals surface area contributed by atoms with Gasteiger partial charge in [0.1, 0.15) is 17.0 Å². The molecule has 0 bridgehead atoms. The molecule has 4 rings (SSSR count). The van der Waals surface area contributed by atoms with Gasteiger partial charge in [-0.3, -0.25) is 8.96 Å². The van der Waals surface area contributed by atoms with Gasteiger partial charge in [-0.05, 0) is 37.1 Å². The second kappa shape index (κ2) is 7.21. The molecule has 1 aliphatic rings. The molecule has 0 amide bonds. The molecule has 0 unspecified atom stereocenters. The topological polar surface area (TPSA) is 93.0 Å². The number of hydrogen-bond acceptors (Lipinski definition) is 7. The van der Waals surface area contributed by atoms with E-state index in [-0.39, 0.29) is 6.04 Å². The van der Waals surface area contributed by atoms with Crippen molar-refractivity contribution in [3.63, 3.8) is 0 Å². The molecule has 3 N–H and O–H groups in total. The average molecular weight is 382 g/mol. The summed E-state index contributed by atoms with van der Waals surface area (Å²) in [6, 6.07) is 4.33. The van der Waals surface area contributed by atoms with Crippen LogP contribution in [-0.2, 0) is 4.74 Å². The minimum Gasteiger partial charge on any atom is -0.397 e. The van der Waals surface area contributed by atoms with Gasteiger partial charge in [0.25, 0.3) is 0 Å². The Morgan fingerprint density at radius 2 is 2.26 bits per heavy atom. The highest BCUT2D eigenvalue weighted by molar-refractivity contribution is 7.97. The lowest BCUT2D eigenvalue weighted by Crippen LogP contribution is -2.44. The monoisotopic (exact) mass is 382 g/mol. The summed E-state index contributed by atoms with van der Waals surface area (Å²) in [5.41, 5.74) is 9.08. The second-order valence-corrected chi connectivity index (χ2v) is 7.24. The molecule has 1 atom stereocenters. The maximum absolute atomic E-state index is 7.33. The molecule has 0 radical (unpaired) electrons. The summed E-state index contributed by atoms with van der Waals surface area (Å²) in [5, 5.41) is 9.44. The first kappa shape index (κ1) is 17.8.